The molecule has 0 bridgehead atoms. The van der Waals surface area contributed by atoms with E-state index >= 15 is 0 Å². The van der Waals surface area contributed by atoms with E-state index in [0.717, 1.165) is 23.3 Å². The first-order chi connectivity index (χ1) is 11.1. The smallest absolute Gasteiger partial charge is 0.387 e. The molecule has 2 aromatic rings. The number of hydrogen-bond donors (Lipinski definition) is 1. The molecule has 122 valence electrons. The van der Waals surface area contributed by atoms with Crippen molar-refractivity contribution in [3.05, 3.63) is 47.1 Å². The van der Waals surface area contributed by atoms with Gasteiger partial charge in [-0.2, -0.15) is 8.78 Å². The van der Waals surface area contributed by atoms with Gasteiger partial charge in [0, 0.05) is 29.8 Å². The maximum atomic E-state index is 12.5. The van der Waals surface area contributed by atoms with Gasteiger partial charge in [0.1, 0.15) is 11.6 Å². The monoisotopic (exact) mass is 383 g/mol. The fourth-order valence-electron chi connectivity index (χ4n) is 2.68. The van der Waals surface area contributed by atoms with Crippen molar-refractivity contribution >= 4 is 27.4 Å². The first kappa shape index (κ1) is 16.0. The molecule has 1 saturated heterocycles. The van der Waals surface area contributed by atoms with Crippen LogP contribution in [0.1, 0.15) is 6.42 Å². The van der Waals surface area contributed by atoms with Crippen molar-refractivity contribution in [1.82, 2.24) is 4.98 Å². The van der Waals surface area contributed by atoms with Crippen molar-refractivity contribution < 1.29 is 13.5 Å². The first-order valence-corrected chi connectivity index (χ1v) is 8.08. The Bertz CT molecular complexity index is 654. The van der Waals surface area contributed by atoms with Gasteiger partial charge in [0.25, 0.3) is 0 Å². The van der Waals surface area contributed by atoms with E-state index in [1.165, 1.54) is 0 Å². The number of anilines is 2. The molecule has 1 fully saturated rings. The minimum atomic E-state index is -2.82. The van der Waals surface area contributed by atoms with E-state index < -0.39 is 6.61 Å². The largest absolute Gasteiger partial charge is 0.433 e. The Balaban J connectivity index is 1.66. The lowest BCUT2D eigenvalue weighted by atomic mass is 10.2. The van der Waals surface area contributed by atoms with Gasteiger partial charge in [-0.25, -0.2) is 4.98 Å². The van der Waals surface area contributed by atoms with Crippen LogP contribution in [0.3, 0.4) is 0 Å². The molecule has 1 aliphatic heterocycles. The van der Waals surface area contributed by atoms with Crippen LogP contribution < -0.4 is 15.0 Å². The third-order valence-electron chi connectivity index (χ3n) is 3.69. The molecular weight excluding hydrogens is 368 g/mol. The molecule has 3 rings (SSSR count). The summed E-state index contributed by atoms with van der Waals surface area (Å²) in [6.45, 7) is -1.33. The third kappa shape index (κ3) is 4.10. The Kier molecular flexibility index (Phi) is 4.95. The maximum Gasteiger partial charge on any atom is 0.387 e. The number of ether oxygens (including phenoxy) is 1. The second-order valence-electron chi connectivity index (χ2n) is 5.28. The predicted molar refractivity (Wildman–Crippen MR) is 89.3 cm³/mol. The lowest BCUT2D eigenvalue weighted by molar-refractivity contribution is -0.0495. The Morgan fingerprint density at radius 2 is 2.09 bits per heavy atom. The van der Waals surface area contributed by atoms with Gasteiger partial charge >= 0.3 is 6.61 Å². The van der Waals surface area contributed by atoms with Crippen molar-refractivity contribution in [2.75, 3.05) is 23.3 Å². The summed E-state index contributed by atoms with van der Waals surface area (Å²) in [5, 5.41) is 3.37. The van der Waals surface area contributed by atoms with Crippen LogP contribution in [-0.2, 0) is 0 Å². The van der Waals surface area contributed by atoms with Crippen LogP contribution in [0.5, 0.6) is 5.75 Å². The summed E-state index contributed by atoms with van der Waals surface area (Å²) in [7, 11) is 0. The van der Waals surface area contributed by atoms with E-state index in [4.69, 9.17) is 0 Å². The summed E-state index contributed by atoms with van der Waals surface area (Å²) in [6, 6.07) is 10.9. The molecule has 2 heterocycles. The molecule has 4 nitrogen and oxygen atoms in total. The highest BCUT2D eigenvalue weighted by molar-refractivity contribution is 9.10. The molecule has 1 aromatic heterocycles. The molecule has 1 N–H and O–H groups in total. The van der Waals surface area contributed by atoms with E-state index in [0.29, 0.717) is 12.2 Å². The van der Waals surface area contributed by atoms with Gasteiger partial charge < -0.3 is 15.0 Å². The van der Waals surface area contributed by atoms with Gasteiger partial charge in [0.15, 0.2) is 0 Å². The molecule has 0 amide bonds. The molecule has 1 unspecified atom stereocenters. The van der Waals surface area contributed by atoms with Gasteiger partial charge in [-0.05, 0) is 46.6 Å². The number of hydrogen-bond acceptors (Lipinski definition) is 4. The number of rotatable bonds is 5. The van der Waals surface area contributed by atoms with Gasteiger partial charge in [-0.15, -0.1) is 0 Å². The van der Waals surface area contributed by atoms with Gasteiger partial charge in [-0.3, -0.25) is 0 Å². The summed E-state index contributed by atoms with van der Waals surface area (Å²) in [5.41, 5.74) is 0.695. The van der Waals surface area contributed by atoms with Crippen LogP contribution >= 0.6 is 15.9 Å². The van der Waals surface area contributed by atoms with Crippen LogP contribution in [0.25, 0.3) is 0 Å². The van der Waals surface area contributed by atoms with Crippen molar-refractivity contribution in [3.63, 3.8) is 0 Å². The summed E-state index contributed by atoms with van der Waals surface area (Å²) in [5.74, 6) is 1.02. The Labute approximate surface area is 141 Å². The number of halogens is 3. The SMILES string of the molecule is FC(F)Oc1ccccc1N1CCC(Nc2ccc(Br)cn2)C1. The molecule has 0 aliphatic carbocycles. The number of para-hydroxylation sites is 2. The second kappa shape index (κ2) is 7.12. The number of benzene rings is 1. The average molecular weight is 384 g/mol. The van der Waals surface area contributed by atoms with Crippen LogP contribution in [-0.4, -0.2) is 30.7 Å². The normalized spacial score (nSPS) is 17.6. The molecule has 0 radical (unpaired) electrons. The zero-order valence-corrected chi connectivity index (χ0v) is 13.8. The summed E-state index contributed by atoms with van der Waals surface area (Å²) >= 11 is 3.35. The lowest BCUT2D eigenvalue weighted by Gasteiger charge is -2.22. The minimum absolute atomic E-state index is 0.211. The Morgan fingerprint density at radius 1 is 1.26 bits per heavy atom. The molecule has 1 aliphatic rings. The molecule has 23 heavy (non-hydrogen) atoms. The van der Waals surface area contributed by atoms with Gasteiger partial charge in [0.2, 0.25) is 0 Å². The maximum absolute atomic E-state index is 12.5. The zero-order chi connectivity index (χ0) is 16.2. The fourth-order valence-corrected chi connectivity index (χ4v) is 2.92. The minimum Gasteiger partial charge on any atom is -0.433 e. The lowest BCUT2D eigenvalue weighted by Crippen LogP contribution is -2.26. The van der Waals surface area contributed by atoms with E-state index in [-0.39, 0.29) is 11.8 Å². The topological polar surface area (TPSA) is 37.4 Å². The Morgan fingerprint density at radius 3 is 2.83 bits per heavy atom. The molecule has 7 heteroatoms. The van der Waals surface area contributed by atoms with Crippen molar-refractivity contribution in [2.45, 2.75) is 19.1 Å². The van der Waals surface area contributed by atoms with Crippen LogP contribution in [0.2, 0.25) is 0 Å². The summed E-state index contributed by atoms with van der Waals surface area (Å²) < 4.78 is 30.6. The standard InChI is InChI=1S/C16H16BrF2N3O/c17-11-5-6-15(20-9-11)21-12-7-8-22(10-12)13-3-1-2-4-14(13)23-16(18)19/h1-6,9,12,16H,7-8,10H2,(H,20,21). The van der Waals surface area contributed by atoms with Crippen LogP contribution in [0.4, 0.5) is 20.3 Å². The quantitative estimate of drug-likeness (QED) is 0.841. The van der Waals surface area contributed by atoms with Gasteiger partial charge in [0.05, 0.1) is 5.69 Å². The molecule has 1 atom stereocenters. The number of nitrogens with one attached hydrogen (secondary N) is 1. The first-order valence-electron chi connectivity index (χ1n) is 7.28. The van der Waals surface area contributed by atoms with Crippen LogP contribution in [0, 0.1) is 0 Å². The highest BCUT2D eigenvalue weighted by Gasteiger charge is 2.25. The number of nitrogens with zero attached hydrogens (tertiary/aromatic N) is 2. The molecule has 0 saturated carbocycles. The number of pyridine rings is 1. The number of alkyl halides is 2. The van der Waals surface area contributed by atoms with Crippen molar-refractivity contribution in [1.29, 1.82) is 0 Å². The molecular formula is C16H16BrF2N3O. The van der Waals surface area contributed by atoms with Crippen molar-refractivity contribution in [3.8, 4) is 5.75 Å². The van der Waals surface area contributed by atoms with Crippen LogP contribution in [0.15, 0.2) is 47.1 Å². The predicted octanol–water partition coefficient (Wildman–Crippen LogP) is 4.14. The second-order valence-corrected chi connectivity index (χ2v) is 6.20. The zero-order valence-electron chi connectivity index (χ0n) is 12.3. The third-order valence-corrected chi connectivity index (χ3v) is 4.16. The molecule has 0 spiro atoms. The molecule has 1 aromatic carbocycles. The van der Waals surface area contributed by atoms with Crippen molar-refractivity contribution in [2.24, 2.45) is 0 Å². The van der Waals surface area contributed by atoms with E-state index in [2.05, 4.69) is 31.0 Å². The van der Waals surface area contributed by atoms with Gasteiger partial charge in [-0.1, -0.05) is 12.1 Å². The highest BCUT2D eigenvalue weighted by Crippen LogP contribution is 2.32. The number of aromatic nitrogens is 1. The van der Waals surface area contributed by atoms with E-state index in [9.17, 15) is 8.78 Å². The van der Waals surface area contributed by atoms with E-state index in [1.54, 1.807) is 24.4 Å². The summed E-state index contributed by atoms with van der Waals surface area (Å²) in [6.07, 6.45) is 2.64. The van der Waals surface area contributed by atoms with E-state index in [1.807, 2.05) is 23.1 Å². The fraction of sp³-hybridized carbons (Fsp3) is 0.312. The average Bonchev–Trinajstić information content (AvgIpc) is 2.98. The summed E-state index contributed by atoms with van der Waals surface area (Å²) in [4.78, 5) is 6.35. The Hall–Kier alpha value is -1.89. The highest BCUT2D eigenvalue weighted by atomic mass is 79.9.